The number of ketones is 1. The molecule has 0 radical (unpaired) electrons. The Labute approximate surface area is 113 Å². The molecule has 0 N–H and O–H groups in total. The maximum absolute atomic E-state index is 12.4. The van der Waals surface area contributed by atoms with Crippen LogP contribution in [-0.4, -0.2) is 29.8 Å². The van der Waals surface area contributed by atoms with Crippen LogP contribution in [-0.2, 0) is 0 Å². The molecule has 1 heterocycles. The maximum atomic E-state index is 12.4. The van der Waals surface area contributed by atoms with Crippen LogP contribution in [0.4, 0.5) is 0 Å². The van der Waals surface area contributed by atoms with E-state index in [0.717, 1.165) is 18.0 Å². The van der Waals surface area contributed by atoms with E-state index in [-0.39, 0.29) is 0 Å². The Morgan fingerprint density at radius 2 is 2.06 bits per heavy atom. The minimum atomic E-state index is 0.324. The fourth-order valence-electron chi connectivity index (χ4n) is 2.59. The number of aryl methyl sites for hydroxylation is 2. The summed E-state index contributed by atoms with van der Waals surface area (Å²) in [6.07, 6.45) is 5.32. The van der Waals surface area contributed by atoms with Gasteiger partial charge in [-0.15, -0.1) is 11.3 Å². The van der Waals surface area contributed by atoms with Gasteiger partial charge in [0.25, 0.3) is 0 Å². The SMILES string of the molecule is Cc1cc(C(=O)CN(CC2CC2)C2CC2)c(C)s1. The summed E-state index contributed by atoms with van der Waals surface area (Å²) >= 11 is 1.74. The van der Waals surface area contributed by atoms with Crippen molar-refractivity contribution in [2.45, 2.75) is 45.6 Å². The molecular weight excluding hydrogens is 242 g/mol. The highest BCUT2D eigenvalue weighted by Gasteiger charge is 2.34. The van der Waals surface area contributed by atoms with Crippen molar-refractivity contribution in [1.29, 1.82) is 0 Å². The predicted molar refractivity (Wildman–Crippen MR) is 75.4 cm³/mol. The van der Waals surface area contributed by atoms with Crippen LogP contribution in [0.1, 0.15) is 45.8 Å². The molecule has 2 aliphatic rings. The van der Waals surface area contributed by atoms with Crippen LogP contribution >= 0.6 is 11.3 Å². The van der Waals surface area contributed by atoms with Crippen LogP contribution in [0.25, 0.3) is 0 Å². The van der Waals surface area contributed by atoms with E-state index in [1.807, 2.05) is 0 Å². The molecular formula is C15H21NOS. The Morgan fingerprint density at radius 1 is 1.33 bits per heavy atom. The van der Waals surface area contributed by atoms with E-state index >= 15 is 0 Å². The Kier molecular flexibility index (Phi) is 3.29. The summed E-state index contributed by atoms with van der Waals surface area (Å²) in [7, 11) is 0. The minimum Gasteiger partial charge on any atom is -0.293 e. The van der Waals surface area contributed by atoms with Crippen LogP contribution in [0.3, 0.4) is 0 Å². The highest BCUT2D eigenvalue weighted by Crippen LogP contribution is 2.35. The first-order chi connectivity index (χ1) is 8.63. The van der Waals surface area contributed by atoms with E-state index < -0.39 is 0 Å². The molecule has 2 nitrogen and oxygen atoms in total. The second-order valence-electron chi connectivity index (χ2n) is 5.85. The first-order valence-corrected chi connectivity index (χ1v) is 7.79. The average molecular weight is 263 g/mol. The van der Waals surface area contributed by atoms with Gasteiger partial charge in [0.2, 0.25) is 0 Å². The molecule has 2 aliphatic carbocycles. The quantitative estimate of drug-likeness (QED) is 0.733. The van der Waals surface area contributed by atoms with Crippen LogP contribution in [0.5, 0.6) is 0 Å². The molecule has 98 valence electrons. The average Bonchev–Trinajstić information content (AvgIpc) is 3.18. The molecule has 0 aliphatic heterocycles. The monoisotopic (exact) mass is 263 g/mol. The first kappa shape index (κ1) is 12.4. The zero-order chi connectivity index (χ0) is 12.7. The Balaban J connectivity index is 1.65. The van der Waals surface area contributed by atoms with Gasteiger partial charge in [-0.25, -0.2) is 0 Å². The lowest BCUT2D eigenvalue weighted by Crippen LogP contribution is -2.33. The smallest absolute Gasteiger partial charge is 0.177 e. The summed E-state index contributed by atoms with van der Waals surface area (Å²) in [6.45, 7) is 5.93. The van der Waals surface area contributed by atoms with Crippen LogP contribution in [0.2, 0.25) is 0 Å². The first-order valence-electron chi connectivity index (χ1n) is 6.98. The van der Waals surface area contributed by atoms with E-state index in [9.17, 15) is 4.79 Å². The second kappa shape index (κ2) is 4.78. The summed E-state index contributed by atoms with van der Waals surface area (Å²) in [6, 6.07) is 2.76. The summed E-state index contributed by atoms with van der Waals surface area (Å²) in [4.78, 5) is 17.3. The van der Waals surface area contributed by atoms with Gasteiger partial charge in [-0.05, 0) is 51.5 Å². The molecule has 0 amide bonds. The van der Waals surface area contributed by atoms with Gasteiger partial charge in [0.1, 0.15) is 0 Å². The number of Topliss-reactive ketones (excluding diaryl/α,β-unsaturated/α-hetero) is 1. The largest absolute Gasteiger partial charge is 0.293 e. The summed E-state index contributed by atoms with van der Waals surface area (Å²) in [5.41, 5.74) is 0.957. The lowest BCUT2D eigenvalue weighted by atomic mass is 10.1. The lowest BCUT2D eigenvalue weighted by molar-refractivity contribution is 0.0921. The van der Waals surface area contributed by atoms with Crippen molar-refractivity contribution < 1.29 is 4.79 Å². The fourth-order valence-corrected chi connectivity index (χ4v) is 3.53. The molecule has 3 heteroatoms. The van der Waals surface area contributed by atoms with Crippen molar-refractivity contribution in [1.82, 2.24) is 4.90 Å². The van der Waals surface area contributed by atoms with Gasteiger partial charge in [0.15, 0.2) is 5.78 Å². The van der Waals surface area contributed by atoms with Crippen molar-refractivity contribution in [3.8, 4) is 0 Å². The number of thiophene rings is 1. The molecule has 0 aromatic carbocycles. The normalized spacial score (nSPS) is 19.5. The number of hydrogen-bond acceptors (Lipinski definition) is 3. The zero-order valence-electron chi connectivity index (χ0n) is 11.2. The zero-order valence-corrected chi connectivity index (χ0v) is 12.1. The topological polar surface area (TPSA) is 20.3 Å². The highest BCUT2D eigenvalue weighted by atomic mass is 32.1. The molecule has 0 atom stereocenters. The van der Waals surface area contributed by atoms with Crippen LogP contribution in [0, 0.1) is 19.8 Å². The summed E-state index contributed by atoms with van der Waals surface area (Å²) in [5.74, 6) is 1.20. The lowest BCUT2D eigenvalue weighted by Gasteiger charge is -2.20. The standard InChI is InChI=1S/C15H21NOS/c1-10-7-14(11(2)18-10)15(17)9-16(13-5-6-13)8-12-3-4-12/h7,12-13H,3-6,8-9H2,1-2H3. The Bertz CT molecular complexity index is 457. The van der Waals surface area contributed by atoms with E-state index in [1.165, 1.54) is 35.4 Å². The van der Waals surface area contributed by atoms with Gasteiger partial charge in [-0.1, -0.05) is 0 Å². The van der Waals surface area contributed by atoms with Crippen molar-refractivity contribution >= 4 is 17.1 Å². The van der Waals surface area contributed by atoms with E-state index in [0.29, 0.717) is 18.4 Å². The second-order valence-corrected chi connectivity index (χ2v) is 7.31. The van der Waals surface area contributed by atoms with Gasteiger partial charge >= 0.3 is 0 Å². The molecule has 0 saturated heterocycles. The number of hydrogen-bond donors (Lipinski definition) is 0. The van der Waals surface area contributed by atoms with Crippen LogP contribution < -0.4 is 0 Å². The van der Waals surface area contributed by atoms with Gasteiger partial charge < -0.3 is 0 Å². The molecule has 0 bridgehead atoms. The van der Waals surface area contributed by atoms with Crippen molar-refractivity contribution in [3.63, 3.8) is 0 Å². The van der Waals surface area contributed by atoms with Crippen molar-refractivity contribution in [2.24, 2.45) is 5.92 Å². The van der Waals surface area contributed by atoms with Crippen LogP contribution in [0.15, 0.2) is 6.07 Å². The Morgan fingerprint density at radius 3 is 2.56 bits per heavy atom. The van der Waals surface area contributed by atoms with Gasteiger partial charge in [-0.3, -0.25) is 9.69 Å². The molecule has 18 heavy (non-hydrogen) atoms. The van der Waals surface area contributed by atoms with E-state index in [4.69, 9.17) is 0 Å². The third kappa shape index (κ3) is 2.83. The van der Waals surface area contributed by atoms with E-state index in [2.05, 4.69) is 24.8 Å². The number of rotatable bonds is 6. The fraction of sp³-hybridized carbons (Fsp3) is 0.667. The van der Waals surface area contributed by atoms with Gasteiger partial charge in [0.05, 0.1) is 6.54 Å². The molecule has 0 unspecified atom stereocenters. The Hall–Kier alpha value is -0.670. The maximum Gasteiger partial charge on any atom is 0.177 e. The number of carbonyl (C=O) groups is 1. The number of carbonyl (C=O) groups excluding carboxylic acids is 1. The highest BCUT2D eigenvalue weighted by molar-refractivity contribution is 7.12. The predicted octanol–water partition coefficient (Wildman–Crippen LogP) is 3.42. The summed E-state index contributed by atoms with van der Waals surface area (Å²) in [5, 5.41) is 0. The molecule has 3 rings (SSSR count). The summed E-state index contributed by atoms with van der Waals surface area (Å²) < 4.78 is 0. The minimum absolute atomic E-state index is 0.324. The molecule has 2 saturated carbocycles. The molecule has 2 fully saturated rings. The molecule has 0 spiro atoms. The van der Waals surface area contributed by atoms with Crippen molar-refractivity contribution in [3.05, 3.63) is 21.4 Å². The van der Waals surface area contributed by atoms with Gasteiger partial charge in [-0.2, -0.15) is 0 Å². The third-order valence-electron chi connectivity index (χ3n) is 3.94. The molecule has 1 aromatic rings. The van der Waals surface area contributed by atoms with E-state index in [1.54, 1.807) is 11.3 Å². The third-order valence-corrected chi connectivity index (χ3v) is 4.91. The number of nitrogens with zero attached hydrogens (tertiary/aromatic N) is 1. The van der Waals surface area contributed by atoms with Crippen molar-refractivity contribution in [2.75, 3.05) is 13.1 Å². The van der Waals surface area contributed by atoms with Gasteiger partial charge in [0, 0.05) is 27.9 Å². The molecule has 1 aromatic heterocycles.